The lowest BCUT2D eigenvalue weighted by Crippen LogP contribution is -2.34. The van der Waals surface area contributed by atoms with E-state index in [4.69, 9.17) is 4.74 Å². The summed E-state index contributed by atoms with van der Waals surface area (Å²) in [6.45, 7) is 2.16. The lowest BCUT2D eigenvalue weighted by molar-refractivity contribution is -0.148. The fraction of sp³-hybridized carbons (Fsp3) is 0.588. The van der Waals surface area contributed by atoms with E-state index in [2.05, 4.69) is 19.1 Å². The van der Waals surface area contributed by atoms with Gasteiger partial charge in [-0.2, -0.15) is 0 Å². The molecule has 1 fully saturated rings. The van der Waals surface area contributed by atoms with E-state index >= 15 is 0 Å². The molecule has 110 valence electrons. The predicted octanol–water partition coefficient (Wildman–Crippen LogP) is 3.19. The topological polar surface area (TPSA) is 46.5 Å². The van der Waals surface area contributed by atoms with Gasteiger partial charge in [0.2, 0.25) is 0 Å². The Bertz CT molecular complexity index is 442. The van der Waals surface area contributed by atoms with Crippen LogP contribution in [0.25, 0.3) is 0 Å². The Morgan fingerprint density at radius 1 is 1.30 bits per heavy atom. The molecule has 3 heteroatoms. The number of aryl methyl sites for hydroxylation is 1. The van der Waals surface area contributed by atoms with E-state index < -0.39 is 5.60 Å². The maximum absolute atomic E-state index is 11.5. The molecule has 0 unspecified atom stereocenters. The first-order valence-corrected chi connectivity index (χ1v) is 7.48. The molecule has 3 nitrogen and oxygen atoms in total. The van der Waals surface area contributed by atoms with Crippen molar-refractivity contribution in [3.05, 3.63) is 35.4 Å². The Labute approximate surface area is 121 Å². The fourth-order valence-electron chi connectivity index (χ4n) is 3.06. The Hall–Kier alpha value is -1.35. The van der Waals surface area contributed by atoms with Gasteiger partial charge in [0, 0.05) is 0 Å². The van der Waals surface area contributed by atoms with Crippen LogP contribution in [0, 0.1) is 5.92 Å². The van der Waals surface area contributed by atoms with Gasteiger partial charge in [0.25, 0.3) is 0 Å². The minimum atomic E-state index is -0.782. The SMILES string of the molecule is CCCc1ccc(C2(O)CCC(C(=O)OC)CC2)cc1. The molecule has 0 saturated heterocycles. The molecule has 1 aromatic carbocycles. The lowest BCUT2D eigenvalue weighted by Gasteiger charge is -2.35. The number of ether oxygens (including phenoxy) is 1. The second-order valence-electron chi connectivity index (χ2n) is 5.78. The molecule has 0 aliphatic heterocycles. The van der Waals surface area contributed by atoms with Gasteiger partial charge in [-0.3, -0.25) is 4.79 Å². The molecule has 20 heavy (non-hydrogen) atoms. The number of hydrogen-bond acceptors (Lipinski definition) is 3. The van der Waals surface area contributed by atoms with Crippen molar-refractivity contribution in [3.8, 4) is 0 Å². The molecular weight excluding hydrogens is 252 g/mol. The largest absolute Gasteiger partial charge is 0.469 e. The van der Waals surface area contributed by atoms with E-state index in [0.29, 0.717) is 25.7 Å². The van der Waals surface area contributed by atoms with Crippen molar-refractivity contribution in [2.75, 3.05) is 7.11 Å². The second kappa shape index (κ2) is 6.40. The molecule has 1 N–H and O–H groups in total. The van der Waals surface area contributed by atoms with Gasteiger partial charge in [-0.05, 0) is 43.2 Å². The number of hydrogen-bond donors (Lipinski definition) is 1. The number of methoxy groups -OCH3 is 1. The van der Waals surface area contributed by atoms with E-state index in [9.17, 15) is 9.90 Å². The van der Waals surface area contributed by atoms with Crippen LogP contribution < -0.4 is 0 Å². The maximum atomic E-state index is 11.5. The van der Waals surface area contributed by atoms with Crippen LogP contribution in [0.2, 0.25) is 0 Å². The van der Waals surface area contributed by atoms with Crippen molar-refractivity contribution in [2.45, 2.75) is 51.0 Å². The molecule has 0 aromatic heterocycles. The van der Waals surface area contributed by atoms with Crippen LogP contribution in [0.15, 0.2) is 24.3 Å². The van der Waals surface area contributed by atoms with Crippen molar-refractivity contribution in [2.24, 2.45) is 5.92 Å². The van der Waals surface area contributed by atoms with E-state index in [1.54, 1.807) is 0 Å². The minimum absolute atomic E-state index is 0.0559. The second-order valence-corrected chi connectivity index (χ2v) is 5.78. The number of carbonyl (C=O) groups excluding carboxylic acids is 1. The number of rotatable bonds is 4. The minimum Gasteiger partial charge on any atom is -0.469 e. The van der Waals surface area contributed by atoms with Gasteiger partial charge in [0.15, 0.2) is 0 Å². The van der Waals surface area contributed by atoms with Crippen LogP contribution in [0.1, 0.15) is 50.2 Å². The zero-order chi connectivity index (χ0) is 14.6. The van der Waals surface area contributed by atoms with Gasteiger partial charge in [-0.25, -0.2) is 0 Å². The average molecular weight is 276 g/mol. The van der Waals surface area contributed by atoms with Gasteiger partial charge < -0.3 is 9.84 Å². The van der Waals surface area contributed by atoms with E-state index in [0.717, 1.165) is 18.4 Å². The summed E-state index contributed by atoms with van der Waals surface area (Å²) in [6, 6.07) is 8.26. The van der Waals surface area contributed by atoms with Gasteiger partial charge in [-0.15, -0.1) is 0 Å². The van der Waals surface area contributed by atoms with Crippen molar-refractivity contribution in [1.82, 2.24) is 0 Å². The molecule has 0 spiro atoms. The molecule has 0 heterocycles. The summed E-state index contributed by atoms with van der Waals surface area (Å²) in [4.78, 5) is 11.5. The Kier molecular flexibility index (Phi) is 4.81. The highest BCUT2D eigenvalue weighted by Crippen LogP contribution is 2.39. The summed E-state index contributed by atoms with van der Waals surface area (Å²) in [5.41, 5.74) is 1.50. The first-order valence-electron chi connectivity index (χ1n) is 7.48. The smallest absolute Gasteiger partial charge is 0.308 e. The number of aliphatic hydroxyl groups is 1. The van der Waals surface area contributed by atoms with Gasteiger partial charge >= 0.3 is 5.97 Å². The van der Waals surface area contributed by atoms with Crippen LogP contribution >= 0.6 is 0 Å². The summed E-state index contributed by atoms with van der Waals surface area (Å²) in [7, 11) is 1.43. The van der Waals surface area contributed by atoms with E-state index in [-0.39, 0.29) is 11.9 Å². The summed E-state index contributed by atoms with van der Waals surface area (Å²) in [5, 5.41) is 10.8. The van der Waals surface area contributed by atoms with Crippen LogP contribution in [-0.4, -0.2) is 18.2 Å². The molecule has 0 radical (unpaired) electrons. The summed E-state index contributed by atoms with van der Waals surface area (Å²) >= 11 is 0. The highest BCUT2D eigenvalue weighted by Gasteiger charge is 2.37. The van der Waals surface area contributed by atoms with E-state index in [1.807, 2.05) is 12.1 Å². The fourth-order valence-corrected chi connectivity index (χ4v) is 3.06. The molecule has 0 atom stereocenters. The normalized spacial score (nSPS) is 26.2. The monoisotopic (exact) mass is 276 g/mol. The van der Waals surface area contributed by atoms with E-state index in [1.165, 1.54) is 12.7 Å². The van der Waals surface area contributed by atoms with Crippen molar-refractivity contribution >= 4 is 5.97 Å². The highest BCUT2D eigenvalue weighted by molar-refractivity contribution is 5.72. The van der Waals surface area contributed by atoms with Crippen molar-refractivity contribution in [3.63, 3.8) is 0 Å². The number of esters is 1. The highest BCUT2D eigenvalue weighted by atomic mass is 16.5. The first kappa shape index (κ1) is 15.0. The quantitative estimate of drug-likeness (QED) is 0.859. The molecule has 1 saturated carbocycles. The van der Waals surface area contributed by atoms with Crippen molar-refractivity contribution in [1.29, 1.82) is 0 Å². The Morgan fingerprint density at radius 2 is 1.90 bits per heavy atom. The lowest BCUT2D eigenvalue weighted by atomic mass is 9.75. The Morgan fingerprint density at radius 3 is 2.40 bits per heavy atom. The van der Waals surface area contributed by atoms with Crippen LogP contribution in [-0.2, 0) is 21.6 Å². The van der Waals surface area contributed by atoms with Gasteiger partial charge in [0.05, 0.1) is 18.6 Å². The molecular formula is C17H24O3. The summed E-state index contributed by atoms with van der Waals surface area (Å²) in [5.74, 6) is -0.204. The van der Waals surface area contributed by atoms with Crippen LogP contribution in [0.4, 0.5) is 0 Å². The van der Waals surface area contributed by atoms with Crippen LogP contribution in [0.5, 0.6) is 0 Å². The summed E-state index contributed by atoms with van der Waals surface area (Å²) in [6.07, 6.45) is 4.84. The molecule has 0 bridgehead atoms. The molecule has 2 rings (SSSR count). The predicted molar refractivity (Wildman–Crippen MR) is 78.3 cm³/mol. The standard InChI is InChI=1S/C17H24O3/c1-3-4-13-5-7-15(8-6-13)17(19)11-9-14(10-12-17)16(18)20-2/h5-8,14,19H,3-4,9-12H2,1-2H3. The summed E-state index contributed by atoms with van der Waals surface area (Å²) < 4.78 is 4.79. The Balaban J connectivity index is 2.03. The van der Waals surface area contributed by atoms with Gasteiger partial charge in [0.1, 0.15) is 0 Å². The average Bonchev–Trinajstić information content (AvgIpc) is 2.48. The third-order valence-electron chi connectivity index (χ3n) is 4.38. The van der Waals surface area contributed by atoms with Crippen LogP contribution in [0.3, 0.4) is 0 Å². The zero-order valence-electron chi connectivity index (χ0n) is 12.4. The molecule has 1 aliphatic rings. The molecule has 0 amide bonds. The number of benzene rings is 1. The zero-order valence-corrected chi connectivity index (χ0v) is 12.4. The van der Waals surface area contributed by atoms with Crippen molar-refractivity contribution < 1.29 is 14.6 Å². The molecule has 1 aliphatic carbocycles. The number of carbonyl (C=O) groups is 1. The first-order chi connectivity index (χ1) is 9.59. The third-order valence-corrected chi connectivity index (χ3v) is 4.38. The molecule has 1 aromatic rings. The van der Waals surface area contributed by atoms with Gasteiger partial charge in [-0.1, -0.05) is 37.6 Å². The maximum Gasteiger partial charge on any atom is 0.308 e. The third kappa shape index (κ3) is 3.21.